The number of alkyl halides is 3. The first kappa shape index (κ1) is 77.8. The van der Waals surface area contributed by atoms with Crippen LogP contribution in [0.3, 0.4) is 0 Å². The molecule has 2 saturated carbocycles. The van der Waals surface area contributed by atoms with E-state index in [2.05, 4.69) is 10.6 Å². The molecule has 2 aromatic carbocycles. The van der Waals surface area contributed by atoms with Gasteiger partial charge in [-0.3, -0.25) is 57.5 Å². The standard InChI is InChI=1S/C69H97Cl2F3N12O12/c1-14-40(2)56-64(95)79(9)42(4)60(91)85-35-32-51(85)62(93)81(11)57(44-20-18-21-44)65(96)77(7)38-53(87)75-50(31-25-43-24-30-48(49(71)36-43)69(72,73)74)61(92)86(47-28-26-46(70)27-29-47)39-55(89)83(13)68(5,6)67(98)82(12)58(45-22-19-23-45)66(97)80(10)52(63(94)84-33-16-15-17-34-84)37-54(88)78(8)41(3)59(90)76-56/h24,26-30,36,40-42,44-45,50-52,56-58H,14-23,25,31-35,37-39H2,1-13H3,(H,75,87)(H,76,90)/t40-,41-,42-,50-,51-,52-,56-,57-,58-/m0/s1. The van der Waals surface area contributed by atoms with Crippen LogP contribution in [0.4, 0.5) is 18.9 Å². The summed E-state index contributed by atoms with van der Waals surface area (Å²) in [5, 5.41) is 5.16. The van der Waals surface area contributed by atoms with E-state index in [1.165, 1.54) is 132 Å². The van der Waals surface area contributed by atoms with Crippen LogP contribution >= 0.6 is 23.2 Å². The third kappa shape index (κ3) is 17.4. The van der Waals surface area contributed by atoms with Gasteiger partial charge in [0.1, 0.15) is 60.4 Å². The smallest absolute Gasteiger partial charge is 0.343 e. The van der Waals surface area contributed by atoms with Gasteiger partial charge in [0, 0.05) is 79.7 Å². The van der Waals surface area contributed by atoms with Crippen molar-refractivity contribution in [3.8, 4) is 0 Å². The first-order chi connectivity index (χ1) is 45.9. The number of likely N-dealkylation sites (N-methyl/N-ethyl adjacent to an activating group) is 7. The number of carbonyl (C=O) groups is 12. The number of nitrogens with one attached hydrogen (secondary N) is 2. The second kappa shape index (κ2) is 32.6. The molecule has 3 heterocycles. The Bertz CT molecular complexity index is 3330. The zero-order valence-corrected chi connectivity index (χ0v) is 60.1. The molecule has 0 aromatic heterocycles. The fraction of sp³-hybridized carbons (Fsp3) is 0.652. The van der Waals surface area contributed by atoms with Crippen molar-refractivity contribution in [1.82, 2.24) is 54.7 Å². The van der Waals surface area contributed by atoms with Gasteiger partial charge in [-0.1, -0.05) is 62.4 Å². The highest BCUT2D eigenvalue weighted by atomic mass is 35.5. The minimum atomic E-state index is -4.79. The maximum Gasteiger partial charge on any atom is 0.417 e. The van der Waals surface area contributed by atoms with Gasteiger partial charge >= 0.3 is 6.18 Å². The molecule has 540 valence electrons. The summed E-state index contributed by atoms with van der Waals surface area (Å²) in [4.78, 5) is 190. The largest absolute Gasteiger partial charge is 0.417 e. The lowest BCUT2D eigenvalue weighted by atomic mass is 9.78. The summed E-state index contributed by atoms with van der Waals surface area (Å²) < 4.78 is 41.7. The lowest BCUT2D eigenvalue weighted by molar-refractivity contribution is -0.161. The van der Waals surface area contributed by atoms with Crippen molar-refractivity contribution in [1.29, 1.82) is 0 Å². The van der Waals surface area contributed by atoms with E-state index >= 15 is 19.2 Å². The molecule has 0 radical (unpaired) electrons. The van der Waals surface area contributed by atoms with Gasteiger partial charge < -0.3 is 59.6 Å². The Hall–Kier alpha value is -7.55. The second-order valence-electron chi connectivity index (χ2n) is 27.8. The lowest BCUT2D eigenvalue weighted by Crippen LogP contribution is -2.65. The van der Waals surface area contributed by atoms with E-state index in [4.69, 9.17) is 23.2 Å². The third-order valence-electron chi connectivity index (χ3n) is 21.2. The van der Waals surface area contributed by atoms with Crippen LogP contribution in [0.25, 0.3) is 0 Å². The Labute approximate surface area is 582 Å². The normalized spacial score (nSPS) is 26.7. The van der Waals surface area contributed by atoms with Gasteiger partial charge in [0.05, 0.1) is 23.6 Å². The second-order valence-corrected chi connectivity index (χ2v) is 28.6. The Morgan fingerprint density at radius 1 is 0.633 bits per heavy atom. The molecule has 12 amide bonds. The van der Waals surface area contributed by atoms with Crippen LogP contribution in [-0.4, -0.2) is 251 Å². The minimum absolute atomic E-state index is 0.0949. The van der Waals surface area contributed by atoms with Crippen molar-refractivity contribution >= 4 is 99.8 Å². The van der Waals surface area contributed by atoms with E-state index in [-0.39, 0.29) is 48.0 Å². The molecule has 0 spiro atoms. The van der Waals surface area contributed by atoms with Crippen LogP contribution in [0, 0.1) is 17.8 Å². The minimum Gasteiger partial charge on any atom is -0.343 e. The van der Waals surface area contributed by atoms with Crippen LogP contribution in [-0.2, 0) is 70.1 Å². The highest BCUT2D eigenvalue weighted by molar-refractivity contribution is 6.31. The number of amides is 12. The molecule has 5 aliphatic rings. The molecular formula is C69H97Cl2F3N12O12. The number of rotatable bonds is 9. The average Bonchev–Trinajstić information content (AvgIpc) is 0.784. The fourth-order valence-corrected chi connectivity index (χ4v) is 13.8. The molecule has 9 atom stereocenters. The Balaban J connectivity index is 1.29. The number of piperidine rings is 1. The monoisotopic (exact) mass is 1410 g/mol. The van der Waals surface area contributed by atoms with Crippen molar-refractivity contribution in [2.24, 2.45) is 17.8 Å². The van der Waals surface area contributed by atoms with E-state index in [1.807, 2.05) is 6.92 Å². The van der Waals surface area contributed by atoms with Crippen molar-refractivity contribution in [2.75, 3.05) is 87.0 Å². The average molecular weight is 1410 g/mol. The van der Waals surface area contributed by atoms with E-state index < -0.39 is 173 Å². The summed E-state index contributed by atoms with van der Waals surface area (Å²) in [7, 11) is 9.71. The van der Waals surface area contributed by atoms with Crippen LogP contribution in [0.15, 0.2) is 42.5 Å². The summed E-state index contributed by atoms with van der Waals surface area (Å²) in [5.41, 5.74) is -2.56. The molecule has 24 nitrogen and oxygen atoms in total. The Kier molecular flexibility index (Phi) is 25.9. The third-order valence-corrected chi connectivity index (χ3v) is 21.8. The van der Waals surface area contributed by atoms with Gasteiger partial charge in [-0.05, 0) is 152 Å². The van der Waals surface area contributed by atoms with E-state index in [0.29, 0.717) is 64.5 Å². The fourth-order valence-electron chi connectivity index (χ4n) is 13.3. The first-order valence-corrected chi connectivity index (χ1v) is 34.7. The number of anilines is 1. The van der Waals surface area contributed by atoms with E-state index in [1.54, 1.807) is 11.8 Å². The van der Waals surface area contributed by atoms with E-state index in [0.717, 1.165) is 44.6 Å². The molecule has 3 aliphatic heterocycles. The molecule has 0 bridgehead atoms. The molecule has 2 N–H and O–H groups in total. The van der Waals surface area contributed by atoms with Gasteiger partial charge in [-0.15, -0.1) is 0 Å². The lowest BCUT2D eigenvalue weighted by Gasteiger charge is -2.46. The zero-order valence-electron chi connectivity index (χ0n) is 58.6. The number of aryl methyl sites for hydroxylation is 1. The number of hydrogen-bond donors (Lipinski definition) is 2. The predicted octanol–water partition coefficient (Wildman–Crippen LogP) is 5.48. The van der Waals surface area contributed by atoms with Gasteiger partial charge in [-0.25, -0.2) is 0 Å². The molecule has 0 unspecified atom stereocenters. The van der Waals surface area contributed by atoms with Gasteiger partial charge in [0.2, 0.25) is 70.9 Å². The molecule has 7 rings (SSSR count). The number of likely N-dealkylation sites (tertiary alicyclic amines) is 1. The van der Waals surface area contributed by atoms with Crippen LogP contribution in [0.2, 0.25) is 10.0 Å². The Morgan fingerprint density at radius 2 is 1.22 bits per heavy atom. The van der Waals surface area contributed by atoms with Gasteiger partial charge in [0.15, 0.2) is 0 Å². The summed E-state index contributed by atoms with van der Waals surface area (Å²) in [6, 6.07) is -1.19. The summed E-state index contributed by atoms with van der Waals surface area (Å²) in [6.07, 6.45) is 0.532. The molecule has 5 fully saturated rings. The highest BCUT2D eigenvalue weighted by Gasteiger charge is 2.50. The predicted molar refractivity (Wildman–Crippen MR) is 360 cm³/mol. The van der Waals surface area contributed by atoms with Crippen molar-refractivity contribution in [3.63, 3.8) is 0 Å². The maximum atomic E-state index is 15.4. The zero-order chi connectivity index (χ0) is 72.7. The van der Waals surface area contributed by atoms with Crippen LogP contribution < -0.4 is 15.5 Å². The number of hydrogen-bond acceptors (Lipinski definition) is 12. The molecular weight excluding hydrogens is 1320 g/mol. The summed E-state index contributed by atoms with van der Waals surface area (Å²) in [5.74, 6) is -9.63. The maximum absolute atomic E-state index is 15.4. The van der Waals surface area contributed by atoms with Gasteiger partial charge in [-0.2, -0.15) is 13.2 Å². The number of benzene rings is 2. The van der Waals surface area contributed by atoms with Crippen molar-refractivity contribution in [3.05, 3.63) is 63.6 Å². The quantitative estimate of drug-likeness (QED) is 0.316. The number of halogens is 5. The summed E-state index contributed by atoms with van der Waals surface area (Å²) in [6.45, 7) is 8.79. The van der Waals surface area contributed by atoms with Crippen molar-refractivity contribution in [2.45, 2.75) is 191 Å². The SMILES string of the molecule is CC[C@H](C)[C@@H]1NC(=O)[C@H](C)N(C)C(=O)C[C@@H](C(=O)N2CCCCC2)N(C)C(=O)[C@H](C2CCC2)N(C)C(=O)C(C)(C)N(C)C(=O)CN(c2ccc(Cl)cc2)C(=O)[C@H](CCc2ccc(C(F)(F)F)c(Cl)c2)NC(=O)CN(C)C(=O)[C@H](C2CCC2)N(C)C(=O)[C@@H]2CCN2C(=O)[C@H](C)N(C)C1=O. The molecule has 29 heteroatoms. The topological polar surface area (TPSA) is 261 Å². The van der Waals surface area contributed by atoms with Crippen LogP contribution in [0.1, 0.15) is 136 Å². The number of carbonyl (C=O) groups excluding carboxylic acids is 12. The van der Waals surface area contributed by atoms with Crippen LogP contribution in [0.5, 0.6) is 0 Å². The first-order valence-electron chi connectivity index (χ1n) is 33.9. The Morgan fingerprint density at radius 3 is 1.76 bits per heavy atom. The van der Waals surface area contributed by atoms with Crippen molar-refractivity contribution < 1.29 is 70.7 Å². The van der Waals surface area contributed by atoms with Gasteiger partial charge in [0.25, 0.3) is 0 Å². The van der Waals surface area contributed by atoms with E-state index in [9.17, 15) is 51.5 Å². The summed E-state index contributed by atoms with van der Waals surface area (Å²) >= 11 is 12.5. The highest BCUT2D eigenvalue weighted by Crippen LogP contribution is 2.38. The molecule has 2 aliphatic carbocycles. The number of fused-ring (bicyclic) bond motifs is 1. The number of nitrogens with zero attached hydrogens (tertiary/aromatic N) is 10. The molecule has 98 heavy (non-hydrogen) atoms. The molecule has 2 aromatic rings. The molecule has 3 saturated heterocycles.